The zero-order valence-electron chi connectivity index (χ0n) is 10.9. The number of methoxy groups -OCH3 is 1. The first-order valence-corrected chi connectivity index (χ1v) is 6.43. The van der Waals surface area contributed by atoms with Gasteiger partial charge in [-0.1, -0.05) is 65.2 Å². The standard InChI is InChI=1S/C10H22.C3H8O2/c1-3-5-7-9-10-8-6-4-2;1-5-3-2-4/h3-10H2,1-2H3;4H,2-3H2,1H3. The molecule has 0 radical (unpaired) electrons. The van der Waals surface area contributed by atoms with Crippen LogP contribution in [-0.4, -0.2) is 25.4 Å². The molecule has 0 atom stereocenters. The van der Waals surface area contributed by atoms with Crippen LogP contribution in [0.15, 0.2) is 0 Å². The molecule has 0 heterocycles. The largest absolute Gasteiger partial charge is 0.394 e. The summed E-state index contributed by atoms with van der Waals surface area (Å²) in [5.74, 6) is 0. The van der Waals surface area contributed by atoms with E-state index in [2.05, 4.69) is 18.6 Å². The molecule has 0 aliphatic rings. The molecule has 0 saturated carbocycles. The SMILES string of the molecule is CCCCCCCCCC.COCCO. The number of hydrogen-bond donors (Lipinski definition) is 1. The van der Waals surface area contributed by atoms with Gasteiger partial charge in [0.15, 0.2) is 0 Å². The van der Waals surface area contributed by atoms with Crippen molar-refractivity contribution in [2.75, 3.05) is 20.3 Å². The van der Waals surface area contributed by atoms with Crippen LogP contribution in [0.5, 0.6) is 0 Å². The second kappa shape index (κ2) is 19.5. The molecular weight excluding hydrogens is 188 g/mol. The van der Waals surface area contributed by atoms with Crippen molar-refractivity contribution in [2.45, 2.75) is 65.2 Å². The first kappa shape index (κ1) is 17.3. The lowest BCUT2D eigenvalue weighted by molar-refractivity contribution is 0.135. The summed E-state index contributed by atoms with van der Waals surface area (Å²) in [5.41, 5.74) is 0. The number of rotatable bonds is 9. The predicted octanol–water partition coefficient (Wildman–Crippen LogP) is 3.77. The third-order valence-electron chi connectivity index (χ3n) is 2.25. The van der Waals surface area contributed by atoms with E-state index < -0.39 is 0 Å². The summed E-state index contributed by atoms with van der Waals surface area (Å²) < 4.78 is 4.44. The van der Waals surface area contributed by atoms with Gasteiger partial charge in [-0.2, -0.15) is 0 Å². The van der Waals surface area contributed by atoms with Gasteiger partial charge in [0.25, 0.3) is 0 Å². The number of unbranched alkanes of at least 4 members (excludes halogenated alkanes) is 7. The molecule has 2 nitrogen and oxygen atoms in total. The summed E-state index contributed by atoms with van der Waals surface area (Å²) in [6.07, 6.45) is 11.5. The summed E-state index contributed by atoms with van der Waals surface area (Å²) in [6, 6.07) is 0. The highest BCUT2D eigenvalue weighted by atomic mass is 16.5. The van der Waals surface area contributed by atoms with E-state index in [-0.39, 0.29) is 6.61 Å². The van der Waals surface area contributed by atoms with Crippen LogP contribution >= 0.6 is 0 Å². The number of aliphatic hydroxyl groups is 1. The Kier molecular flexibility index (Phi) is 22.5. The van der Waals surface area contributed by atoms with Crippen molar-refractivity contribution in [1.29, 1.82) is 0 Å². The van der Waals surface area contributed by atoms with E-state index in [4.69, 9.17) is 5.11 Å². The molecule has 0 unspecified atom stereocenters. The molecule has 1 N–H and O–H groups in total. The topological polar surface area (TPSA) is 29.5 Å². The fourth-order valence-corrected chi connectivity index (χ4v) is 1.30. The average Bonchev–Trinajstić information content (AvgIpc) is 2.25. The zero-order valence-corrected chi connectivity index (χ0v) is 10.9. The highest BCUT2D eigenvalue weighted by Gasteiger charge is 1.87. The van der Waals surface area contributed by atoms with Gasteiger partial charge < -0.3 is 9.84 Å². The van der Waals surface area contributed by atoms with Gasteiger partial charge in [-0.25, -0.2) is 0 Å². The van der Waals surface area contributed by atoms with Gasteiger partial charge in [0, 0.05) is 7.11 Å². The molecule has 0 aromatic carbocycles. The van der Waals surface area contributed by atoms with Crippen molar-refractivity contribution in [2.24, 2.45) is 0 Å². The maximum Gasteiger partial charge on any atom is 0.0693 e. The van der Waals surface area contributed by atoms with E-state index in [1.54, 1.807) is 7.11 Å². The zero-order chi connectivity index (χ0) is 11.8. The minimum Gasteiger partial charge on any atom is -0.394 e. The Morgan fingerprint density at radius 3 is 1.40 bits per heavy atom. The maximum atomic E-state index is 7.94. The smallest absolute Gasteiger partial charge is 0.0693 e. The van der Waals surface area contributed by atoms with Crippen LogP contribution < -0.4 is 0 Å². The van der Waals surface area contributed by atoms with Crippen LogP contribution in [0.3, 0.4) is 0 Å². The van der Waals surface area contributed by atoms with Crippen LogP contribution in [0.1, 0.15) is 65.2 Å². The first-order chi connectivity index (χ1) is 7.33. The van der Waals surface area contributed by atoms with E-state index in [1.165, 1.54) is 51.4 Å². The van der Waals surface area contributed by atoms with E-state index in [1.807, 2.05) is 0 Å². The second-order valence-corrected chi connectivity index (χ2v) is 3.84. The normalized spacial score (nSPS) is 9.60. The lowest BCUT2D eigenvalue weighted by Gasteiger charge is -1.97. The Bertz CT molecular complexity index is 74.6. The van der Waals surface area contributed by atoms with Gasteiger partial charge in [0.05, 0.1) is 13.2 Å². The Morgan fingerprint density at radius 2 is 1.20 bits per heavy atom. The van der Waals surface area contributed by atoms with Crippen LogP contribution in [0.2, 0.25) is 0 Å². The average molecular weight is 218 g/mol. The lowest BCUT2D eigenvalue weighted by Crippen LogP contribution is -1.91. The minimum atomic E-state index is 0.122. The van der Waals surface area contributed by atoms with Crippen molar-refractivity contribution < 1.29 is 9.84 Å². The highest BCUT2D eigenvalue weighted by molar-refractivity contribution is 4.43. The molecule has 0 fully saturated rings. The van der Waals surface area contributed by atoms with Gasteiger partial charge in [0.1, 0.15) is 0 Å². The Balaban J connectivity index is 0. The van der Waals surface area contributed by atoms with E-state index in [9.17, 15) is 0 Å². The maximum absolute atomic E-state index is 7.94. The van der Waals surface area contributed by atoms with Gasteiger partial charge in [-0.3, -0.25) is 0 Å². The number of ether oxygens (including phenoxy) is 1. The number of hydrogen-bond acceptors (Lipinski definition) is 2. The molecule has 0 rings (SSSR count). The molecule has 0 saturated heterocycles. The molecule has 0 aliphatic carbocycles. The molecule has 0 aromatic rings. The van der Waals surface area contributed by atoms with Gasteiger partial charge in [-0.15, -0.1) is 0 Å². The molecule has 0 spiro atoms. The first-order valence-electron chi connectivity index (χ1n) is 6.43. The molecule has 0 bridgehead atoms. The highest BCUT2D eigenvalue weighted by Crippen LogP contribution is 2.07. The lowest BCUT2D eigenvalue weighted by atomic mass is 10.1. The van der Waals surface area contributed by atoms with Crippen molar-refractivity contribution in [3.63, 3.8) is 0 Å². The summed E-state index contributed by atoms with van der Waals surface area (Å²) in [7, 11) is 1.55. The van der Waals surface area contributed by atoms with Crippen LogP contribution in [-0.2, 0) is 4.74 Å². The summed E-state index contributed by atoms with van der Waals surface area (Å²) in [4.78, 5) is 0. The Hall–Kier alpha value is -0.0800. The molecule has 94 valence electrons. The monoisotopic (exact) mass is 218 g/mol. The van der Waals surface area contributed by atoms with Crippen molar-refractivity contribution in [1.82, 2.24) is 0 Å². The second-order valence-electron chi connectivity index (χ2n) is 3.84. The van der Waals surface area contributed by atoms with Crippen LogP contribution in [0, 0.1) is 0 Å². The predicted molar refractivity (Wildman–Crippen MR) is 67.2 cm³/mol. The van der Waals surface area contributed by atoms with Gasteiger partial charge >= 0.3 is 0 Å². The summed E-state index contributed by atoms with van der Waals surface area (Å²) in [5, 5.41) is 7.94. The van der Waals surface area contributed by atoms with Crippen molar-refractivity contribution >= 4 is 0 Å². The third-order valence-corrected chi connectivity index (χ3v) is 2.25. The molecular formula is C13H30O2. The summed E-state index contributed by atoms with van der Waals surface area (Å²) in [6.45, 7) is 5.11. The minimum absolute atomic E-state index is 0.122. The Labute approximate surface area is 96.0 Å². The van der Waals surface area contributed by atoms with Crippen molar-refractivity contribution in [3.05, 3.63) is 0 Å². The van der Waals surface area contributed by atoms with Crippen LogP contribution in [0.25, 0.3) is 0 Å². The third kappa shape index (κ3) is 24.9. The molecule has 15 heavy (non-hydrogen) atoms. The quantitative estimate of drug-likeness (QED) is 0.597. The van der Waals surface area contributed by atoms with Crippen molar-refractivity contribution in [3.8, 4) is 0 Å². The Morgan fingerprint density at radius 1 is 0.800 bits per heavy atom. The molecule has 0 aromatic heterocycles. The fourth-order valence-electron chi connectivity index (χ4n) is 1.30. The fraction of sp³-hybridized carbons (Fsp3) is 1.00. The van der Waals surface area contributed by atoms with E-state index in [0.29, 0.717) is 6.61 Å². The van der Waals surface area contributed by atoms with E-state index in [0.717, 1.165) is 0 Å². The molecule has 2 heteroatoms. The molecule has 0 amide bonds. The van der Waals surface area contributed by atoms with Crippen LogP contribution in [0.4, 0.5) is 0 Å². The summed E-state index contributed by atoms with van der Waals surface area (Å²) >= 11 is 0. The molecule has 0 aliphatic heterocycles. The van der Waals surface area contributed by atoms with Gasteiger partial charge in [-0.05, 0) is 0 Å². The van der Waals surface area contributed by atoms with Gasteiger partial charge in [0.2, 0.25) is 0 Å². The van der Waals surface area contributed by atoms with E-state index >= 15 is 0 Å². The number of aliphatic hydroxyl groups excluding tert-OH is 1.